The van der Waals surface area contributed by atoms with Crippen molar-refractivity contribution in [2.45, 2.75) is 31.6 Å². The number of methoxy groups -OCH3 is 1. The summed E-state index contributed by atoms with van der Waals surface area (Å²) in [5.41, 5.74) is 1.55. The van der Waals surface area contributed by atoms with E-state index in [2.05, 4.69) is 29.7 Å². The number of aliphatic imine (C=N–C) groups is 1. The fraction of sp³-hybridized carbons (Fsp3) is 0.588. The standard InChI is InChI=1S/C17H26ClN3O/c1-3-19-16(20-11-4-12-22-2)21-13-17(9-10-17)14-5-7-15(18)8-6-14/h5-8H,3-4,9-13H2,1-2H3,(H2,19,20,21). The van der Waals surface area contributed by atoms with Crippen LogP contribution in [0.25, 0.3) is 0 Å². The van der Waals surface area contributed by atoms with Crippen molar-refractivity contribution >= 4 is 17.6 Å². The molecule has 0 saturated heterocycles. The van der Waals surface area contributed by atoms with Gasteiger partial charge in [0, 0.05) is 37.2 Å². The van der Waals surface area contributed by atoms with Crippen molar-refractivity contribution in [3.8, 4) is 0 Å². The van der Waals surface area contributed by atoms with Gasteiger partial charge in [-0.2, -0.15) is 0 Å². The molecule has 0 aromatic heterocycles. The first-order valence-electron chi connectivity index (χ1n) is 7.97. The van der Waals surface area contributed by atoms with E-state index in [0.717, 1.165) is 43.6 Å². The van der Waals surface area contributed by atoms with Crippen LogP contribution in [0.1, 0.15) is 31.7 Å². The third-order valence-electron chi connectivity index (χ3n) is 4.01. The monoisotopic (exact) mass is 323 g/mol. The zero-order valence-electron chi connectivity index (χ0n) is 13.5. The molecule has 5 heteroatoms. The van der Waals surface area contributed by atoms with Gasteiger partial charge in [-0.3, -0.25) is 4.99 Å². The Morgan fingerprint density at radius 2 is 2.00 bits per heavy atom. The number of nitrogens with zero attached hydrogens (tertiary/aromatic N) is 1. The molecule has 4 nitrogen and oxygen atoms in total. The van der Waals surface area contributed by atoms with Crippen LogP contribution in [0.3, 0.4) is 0 Å². The molecule has 0 atom stereocenters. The van der Waals surface area contributed by atoms with E-state index in [9.17, 15) is 0 Å². The molecule has 0 bridgehead atoms. The second-order valence-corrected chi connectivity index (χ2v) is 6.19. The van der Waals surface area contributed by atoms with E-state index in [1.54, 1.807) is 7.11 Å². The number of hydrogen-bond acceptors (Lipinski definition) is 2. The average Bonchev–Trinajstić information content (AvgIpc) is 3.31. The third-order valence-corrected chi connectivity index (χ3v) is 4.26. The normalized spacial score (nSPS) is 16.4. The second-order valence-electron chi connectivity index (χ2n) is 5.76. The number of ether oxygens (including phenoxy) is 1. The molecule has 1 aliphatic carbocycles. The zero-order valence-corrected chi connectivity index (χ0v) is 14.2. The largest absolute Gasteiger partial charge is 0.385 e. The Bertz CT molecular complexity index is 483. The van der Waals surface area contributed by atoms with Crippen LogP contribution in [0.5, 0.6) is 0 Å². The Morgan fingerprint density at radius 1 is 1.27 bits per heavy atom. The molecule has 0 heterocycles. The van der Waals surface area contributed by atoms with Crippen LogP contribution in [0, 0.1) is 0 Å². The summed E-state index contributed by atoms with van der Waals surface area (Å²) >= 11 is 5.98. The highest BCUT2D eigenvalue weighted by Crippen LogP contribution is 2.48. The van der Waals surface area contributed by atoms with Gasteiger partial charge in [0.2, 0.25) is 0 Å². The molecular weight excluding hydrogens is 298 g/mol. The van der Waals surface area contributed by atoms with Crippen molar-refractivity contribution in [3.63, 3.8) is 0 Å². The van der Waals surface area contributed by atoms with Gasteiger partial charge in [-0.25, -0.2) is 0 Å². The van der Waals surface area contributed by atoms with Gasteiger partial charge in [-0.05, 0) is 43.9 Å². The predicted molar refractivity (Wildman–Crippen MR) is 92.8 cm³/mol. The lowest BCUT2D eigenvalue weighted by Gasteiger charge is -2.16. The summed E-state index contributed by atoms with van der Waals surface area (Å²) < 4.78 is 5.06. The summed E-state index contributed by atoms with van der Waals surface area (Å²) in [5.74, 6) is 0.888. The Morgan fingerprint density at radius 3 is 2.59 bits per heavy atom. The Labute approximate surface area is 138 Å². The van der Waals surface area contributed by atoms with Gasteiger partial charge < -0.3 is 15.4 Å². The minimum atomic E-state index is 0.208. The van der Waals surface area contributed by atoms with Gasteiger partial charge in [0.15, 0.2) is 5.96 Å². The highest BCUT2D eigenvalue weighted by Gasteiger charge is 2.44. The smallest absolute Gasteiger partial charge is 0.191 e. The van der Waals surface area contributed by atoms with E-state index < -0.39 is 0 Å². The molecule has 122 valence electrons. The average molecular weight is 324 g/mol. The van der Waals surface area contributed by atoms with Gasteiger partial charge in [0.25, 0.3) is 0 Å². The molecule has 0 unspecified atom stereocenters. The van der Waals surface area contributed by atoms with E-state index in [4.69, 9.17) is 21.3 Å². The molecule has 0 aliphatic heterocycles. The Hall–Kier alpha value is -1.26. The SMILES string of the molecule is CCNC(=NCC1(c2ccc(Cl)cc2)CC1)NCCCOC. The predicted octanol–water partition coefficient (Wildman–Crippen LogP) is 2.96. The Kier molecular flexibility index (Phi) is 6.52. The molecule has 1 aromatic rings. The summed E-state index contributed by atoms with van der Waals surface area (Å²) in [7, 11) is 1.72. The third kappa shape index (κ3) is 4.89. The number of guanidine groups is 1. The topological polar surface area (TPSA) is 45.7 Å². The number of benzene rings is 1. The highest BCUT2D eigenvalue weighted by molar-refractivity contribution is 6.30. The van der Waals surface area contributed by atoms with E-state index in [0.29, 0.717) is 0 Å². The van der Waals surface area contributed by atoms with Crippen molar-refractivity contribution < 1.29 is 4.74 Å². The van der Waals surface area contributed by atoms with Gasteiger partial charge in [0.1, 0.15) is 0 Å². The van der Waals surface area contributed by atoms with Crippen molar-refractivity contribution in [2.75, 3.05) is 33.4 Å². The number of hydrogen-bond donors (Lipinski definition) is 2. The first-order chi connectivity index (χ1) is 10.7. The van der Waals surface area contributed by atoms with Crippen LogP contribution in [0.4, 0.5) is 0 Å². The molecule has 1 aromatic carbocycles. The maximum absolute atomic E-state index is 5.98. The van der Waals surface area contributed by atoms with Crippen LogP contribution in [-0.4, -0.2) is 39.3 Å². The highest BCUT2D eigenvalue weighted by atomic mass is 35.5. The fourth-order valence-electron chi connectivity index (χ4n) is 2.49. The summed E-state index contributed by atoms with van der Waals surface area (Å²) in [6, 6.07) is 8.19. The number of rotatable bonds is 8. The van der Waals surface area contributed by atoms with E-state index in [-0.39, 0.29) is 5.41 Å². The molecule has 0 radical (unpaired) electrons. The lowest BCUT2D eigenvalue weighted by molar-refractivity contribution is 0.195. The van der Waals surface area contributed by atoms with Crippen molar-refractivity contribution in [2.24, 2.45) is 4.99 Å². The molecule has 0 spiro atoms. The lowest BCUT2D eigenvalue weighted by atomic mass is 9.96. The zero-order chi connectivity index (χ0) is 15.8. The van der Waals surface area contributed by atoms with Gasteiger partial charge in [0.05, 0.1) is 6.54 Å². The van der Waals surface area contributed by atoms with Gasteiger partial charge >= 0.3 is 0 Å². The van der Waals surface area contributed by atoms with Crippen molar-refractivity contribution in [3.05, 3.63) is 34.9 Å². The van der Waals surface area contributed by atoms with E-state index in [1.807, 2.05) is 12.1 Å². The summed E-state index contributed by atoms with van der Waals surface area (Å²) in [6.07, 6.45) is 3.37. The van der Waals surface area contributed by atoms with Crippen LogP contribution < -0.4 is 10.6 Å². The van der Waals surface area contributed by atoms with Crippen LogP contribution in [0.2, 0.25) is 5.02 Å². The minimum Gasteiger partial charge on any atom is -0.385 e. The molecule has 0 amide bonds. The summed E-state index contributed by atoms with van der Waals surface area (Å²) in [6.45, 7) is 5.39. The van der Waals surface area contributed by atoms with Crippen LogP contribution in [-0.2, 0) is 10.2 Å². The quantitative estimate of drug-likeness (QED) is 0.439. The number of halogens is 1. The van der Waals surface area contributed by atoms with Crippen molar-refractivity contribution in [1.29, 1.82) is 0 Å². The molecule has 1 fully saturated rings. The molecule has 1 aliphatic rings. The van der Waals surface area contributed by atoms with E-state index >= 15 is 0 Å². The molecular formula is C17H26ClN3O. The number of nitrogens with one attached hydrogen (secondary N) is 2. The minimum absolute atomic E-state index is 0.208. The molecule has 1 saturated carbocycles. The first-order valence-corrected chi connectivity index (χ1v) is 8.35. The molecule has 2 rings (SSSR count). The van der Waals surface area contributed by atoms with Crippen LogP contribution in [0.15, 0.2) is 29.3 Å². The maximum atomic E-state index is 5.98. The molecule has 22 heavy (non-hydrogen) atoms. The summed E-state index contributed by atoms with van der Waals surface area (Å²) in [4.78, 5) is 4.76. The summed E-state index contributed by atoms with van der Waals surface area (Å²) in [5, 5.41) is 7.44. The lowest BCUT2D eigenvalue weighted by Crippen LogP contribution is -2.38. The Balaban J connectivity index is 1.92. The fourth-order valence-corrected chi connectivity index (χ4v) is 2.61. The molecule has 2 N–H and O–H groups in total. The maximum Gasteiger partial charge on any atom is 0.191 e. The second kappa shape index (κ2) is 8.39. The first kappa shape index (κ1) is 17.1. The van der Waals surface area contributed by atoms with Crippen molar-refractivity contribution in [1.82, 2.24) is 10.6 Å². The van der Waals surface area contributed by atoms with E-state index in [1.165, 1.54) is 18.4 Å². The van der Waals surface area contributed by atoms with Crippen LogP contribution >= 0.6 is 11.6 Å². The van der Waals surface area contributed by atoms with Gasteiger partial charge in [-0.15, -0.1) is 0 Å². The van der Waals surface area contributed by atoms with Gasteiger partial charge in [-0.1, -0.05) is 23.7 Å².